The number of ether oxygens (including phenoxy) is 1. The average Bonchev–Trinajstić information content (AvgIpc) is 3.25. The molecule has 0 bridgehead atoms. The number of fused-ring (bicyclic) bond motifs is 1. The number of imidazole rings is 1. The van der Waals surface area contributed by atoms with Crippen LogP contribution in [0.5, 0.6) is 0 Å². The second-order valence-corrected chi connectivity index (χ2v) is 9.30. The third-order valence-electron chi connectivity index (χ3n) is 5.21. The van der Waals surface area contributed by atoms with E-state index in [9.17, 15) is 24.8 Å². The van der Waals surface area contributed by atoms with Crippen molar-refractivity contribution in [2.24, 2.45) is 0 Å². The molecule has 1 saturated heterocycles. The molecule has 3 heterocycles. The normalized spacial score (nSPS) is 26.1. The van der Waals surface area contributed by atoms with E-state index >= 15 is 0 Å². The highest BCUT2D eigenvalue weighted by Gasteiger charge is 2.55. The first-order valence-corrected chi connectivity index (χ1v) is 11.3. The van der Waals surface area contributed by atoms with E-state index in [0.29, 0.717) is 0 Å². The molecule has 1 aliphatic rings. The Morgan fingerprint density at radius 2 is 2.09 bits per heavy atom. The van der Waals surface area contributed by atoms with Crippen LogP contribution in [0.4, 0.5) is 5.95 Å². The van der Waals surface area contributed by atoms with E-state index < -0.39 is 44.3 Å². The van der Waals surface area contributed by atoms with Crippen molar-refractivity contribution in [1.29, 1.82) is 0 Å². The highest BCUT2D eigenvalue weighted by molar-refractivity contribution is 7.57. The third-order valence-corrected chi connectivity index (χ3v) is 6.29. The van der Waals surface area contributed by atoms with Crippen molar-refractivity contribution in [1.82, 2.24) is 24.6 Å². The summed E-state index contributed by atoms with van der Waals surface area (Å²) < 4.78 is 12.2. The van der Waals surface area contributed by atoms with Crippen molar-refractivity contribution in [2.75, 3.05) is 12.3 Å². The minimum atomic E-state index is -3.98. The quantitative estimate of drug-likeness (QED) is 0.214. The number of aliphatic hydroxyl groups is 2. The predicted octanol–water partition coefficient (Wildman–Crippen LogP) is -0.820. The van der Waals surface area contributed by atoms with Gasteiger partial charge in [0.25, 0.3) is 5.56 Å². The van der Waals surface area contributed by atoms with Crippen LogP contribution in [-0.2, 0) is 15.8 Å². The molecule has 172 valence electrons. The molecule has 0 spiro atoms. The number of hydrogen-bond acceptors (Lipinski definition) is 11. The van der Waals surface area contributed by atoms with Crippen LogP contribution >= 0.6 is 8.09 Å². The maximum Gasteiger partial charge on any atom is 0.496 e. The number of benzene rings is 1. The van der Waals surface area contributed by atoms with Gasteiger partial charge >= 0.3 is 8.09 Å². The first-order chi connectivity index (χ1) is 15.1. The average molecular weight is 467 g/mol. The van der Waals surface area contributed by atoms with Gasteiger partial charge in [-0.15, -0.1) is 5.09 Å². The molecule has 8 N–H and O–H groups in total. The maximum absolute atomic E-state index is 12.0. The van der Waals surface area contributed by atoms with Gasteiger partial charge in [-0.05, 0) is 12.5 Å². The summed E-state index contributed by atoms with van der Waals surface area (Å²) in [5.74, 6) is -0.151. The Kier molecular flexibility index (Phi) is 6.00. The zero-order valence-electron chi connectivity index (χ0n) is 17.0. The van der Waals surface area contributed by atoms with E-state index in [2.05, 4.69) is 20.0 Å². The van der Waals surface area contributed by atoms with E-state index in [0.717, 1.165) is 5.56 Å². The summed E-state index contributed by atoms with van der Waals surface area (Å²) in [4.78, 5) is 42.7. The van der Waals surface area contributed by atoms with Crippen molar-refractivity contribution in [3.8, 4) is 0 Å². The molecule has 0 amide bonds. The number of hydrogen-bond donors (Lipinski definition) is 7. The van der Waals surface area contributed by atoms with Crippen LogP contribution in [0.1, 0.15) is 18.7 Å². The van der Waals surface area contributed by atoms with Gasteiger partial charge in [0.15, 0.2) is 17.4 Å². The number of nitrogens with two attached hydrogens (primary N) is 1. The summed E-state index contributed by atoms with van der Waals surface area (Å²) in [6, 6.07) is 9.08. The van der Waals surface area contributed by atoms with Gasteiger partial charge in [-0.2, -0.15) is 19.3 Å². The zero-order chi connectivity index (χ0) is 23.1. The van der Waals surface area contributed by atoms with Crippen LogP contribution in [0.2, 0.25) is 0 Å². The number of nitrogen functional groups attached to an aromatic ring is 1. The molecular weight excluding hydrogens is 443 g/mol. The number of rotatable bonds is 7. The first-order valence-electron chi connectivity index (χ1n) is 9.65. The molecule has 1 aliphatic heterocycles. The van der Waals surface area contributed by atoms with Crippen molar-refractivity contribution in [3.63, 3.8) is 0 Å². The fraction of sp³-hybridized carbons (Fsp3) is 0.389. The van der Waals surface area contributed by atoms with Crippen LogP contribution in [0, 0.1) is 0 Å². The number of anilines is 1. The van der Waals surface area contributed by atoms with Gasteiger partial charge in [-0.1, -0.05) is 30.3 Å². The van der Waals surface area contributed by atoms with E-state index in [1.165, 1.54) is 17.8 Å². The lowest BCUT2D eigenvalue weighted by Gasteiger charge is -2.27. The van der Waals surface area contributed by atoms with Crippen molar-refractivity contribution in [2.45, 2.75) is 37.5 Å². The highest BCUT2D eigenvalue weighted by atomic mass is 31.2. The molecule has 4 unspecified atom stereocenters. The summed E-state index contributed by atoms with van der Waals surface area (Å²) in [6.45, 7) is 1.05. The van der Waals surface area contributed by atoms with Gasteiger partial charge in [0.05, 0.1) is 12.9 Å². The number of aliphatic hydroxyl groups excluding tert-OH is 1. The van der Waals surface area contributed by atoms with Gasteiger partial charge in [0, 0.05) is 0 Å². The minimum Gasteiger partial charge on any atom is -0.387 e. The molecule has 0 saturated carbocycles. The van der Waals surface area contributed by atoms with Crippen molar-refractivity contribution < 1.29 is 29.3 Å². The molecule has 14 heteroatoms. The minimum absolute atomic E-state index is 0.0199. The van der Waals surface area contributed by atoms with Gasteiger partial charge in [-0.25, -0.2) is 4.98 Å². The molecule has 4 rings (SSSR count). The molecule has 3 aromatic rings. The standard InChI is InChI=1S/C18H23N6O7P/c1-18(27)13(25)11(8-30-32(28,29)21-7-10-5-3-2-4-6-10)31-16(18)24-9-20-12-14(24)22-17(19)23-15(12)26/h2-6,9,11,13,16,21,25,27-29H,7-8H2,1H3,(H2-,19,22,23,26)/p+1. The number of H-pyrrole nitrogens is 1. The van der Waals surface area contributed by atoms with Gasteiger partial charge < -0.3 is 20.7 Å². The Bertz CT molecular complexity index is 1150. The summed E-state index contributed by atoms with van der Waals surface area (Å²) in [5, 5.41) is 24.0. The SMILES string of the molecule is CC1(O)C(O)C(CO[P+](O)(O)NCc2ccccc2)OC1n1cnc2c(=O)[nH]c(N)nc21. The number of nitrogens with zero attached hydrogens (tertiary/aromatic N) is 3. The molecule has 2 aromatic heterocycles. The number of nitrogens with one attached hydrogen (secondary N) is 2. The molecule has 4 atom stereocenters. The molecule has 0 aliphatic carbocycles. The summed E-state index contributed by atoms with van der Waals surface area (Å²) in [6.07, 6.45) is -2.55. The predicted molar refractivity (Wildman–Crippen MR) is 114 cm³/mol. The Hall–Kier alpha value is -2.48. The lowest BCUT2D eigenvalue weighted by Crippen LogP contribution is -2.44. The molecule has 13 nitrogen and oxygen atoms in total. The van der Waals surface area contributed by atoms with E-state index in [-0.39, 0.29) is 23.7 Å². The Morgan fingerprint density at radius 1 is 1.38 bits per heavy atom. The summed E-state index contributed by atoms with van der Waals surface area (Å²) >= 11 is 0. The summed E-state index contributed by atoms with van der Waals surface area (Å²) in [5.41, 5.74) is 4.05. The number of aromatic nitrogens is 4. The highest BCUT2D eigenvalue weighted by Crippen LogP contribution is 2.48. The second kappa shape index (κ2) is 8.46. The second-order valence-electron chi connectivity index (χ2n) is 7.63. The molecule has 1 aromatic carbocycles. The topological polar surface area (TPSA) is 201 Å². The molecular formula is C18H24N6O7P+. The fourth-order valence-electron chi connectivity index (χ4n) is 3.51. The number of aromatic amines is 1. The lowest BCUT2D eigenvalue weighted by atomic mass is 9.96. The van der Waals surface area contributed by atoms with Crippen LogP contribution in [0.3, 0.4) is 0 Å². The monoisotopic (exact) mass is 467 g/mol. The van der Waals surface area contributed by atoms with E-state index in [1.54, 1.807) is 12.1 Å². The first kappa shape index (κ1) is 22.7. The van der Waals surface area contributed by atoms with Crippen LogP contribution in [-0.4, -0.2) is 63.9 Å². The molecule has 32 heavy (non-hydrogen) atoms. The van der Waals surface area contributed by atoms with Crippen molar-refractivity contribution in [3.05, 3.63) is 52.6 Å². The van der Waals surface area contributed by atoms with E-state index in [1.807, 2.05) is 18.2 Å². The Morgan fingerprint density at radius 3 is 2.81 bits per heavy atom. The van der Waals surface area contributed by atoms with Gasteiger partial charge in [0.2, 0.25) is 5.95 Å². The largest absolute Gasteiger partial charge is 0.496 e. The smallest absolute Gasteiger partial charge is 0.387 e. The van der Waals surface area contributed by atoms with Crippen LogP contribution < -0.4 is 16.4 Å². The summed E-state index contributed by atoms with van der Waals surface area (Å²) in [7, 11) is -3.98. The fourth-order valence-corrected chi connectivity index (χ4v) is 4.34. The lowest BCUT2D eigenvalue weighted by molar-refractivity contribution is -0.0949. The van der Waals surface area contributed by atoms with Gasteiger partial charge in [-0.3, -0.25) is 14.3 Å². The van der Waals surface area contributed by atoms with E-state index in [4.69, 9.17) is 15.0 Å². The van der Waals surface area contributed by atoms with Crippen LogP contribution in [0.15, 0.2) is 41.5 Å². The maximum atomic E-state index is 12.0. The molecule has 0 radical (unpaired) electrons. The third kappa shape index (κ3) is 4.37. The van der Waals surface area contributed by atoms with Crippen molar-refractivity contribution >= 4 is 25.2 Å². The molecule has 1 fully saturated rings. The van der Waals surface area contributed by atoms with Crippen LogP contribution in [0.25, 0.3) is 11.2 Å². The zero-order valence-corrected chi connectivity index (χ0v) is 17.9. The van der Waals surface area contributed by atoms with Gasteiger partial charge in [0.1, 0.15) is 24.4 Å². The Labute approximate surface area is 182 Å². The Balaban J connectivity index is 1.47.